The van der Waals surface area contributed by atoms with Crippen LogP contribution in [0, 0.1) is 5.92 Å². The molecule has 326 valence electrons. The molecule has 4 aliphatic rings. The van der Waals surface area contributed by atoms with Crippen molar-refractivity contribution in [3.63, 3.8) is 0 Å². The molecule has 2 saturated heterocycles. The highest BCUT2D eigenvalue weighted by molar-refractivity contribution is 8.14. The fourth-order valence-electron chi connectivity index (χ4n) is 8.98. The molecular formula is C47H50N8O6S2. The minimum Gasteiger partial charge on any atom is -0.453 e. The molecule has 0 spiro atoms. The fourth-order valence-corrected chi connectivity index (χ4v) is 11.9. The normalized spacial score (nSPS) is 21.5. The number of nitrogens with one attached hydrogen (secondary N) is 4. The number of benzene rings is 3. The molecule has 5 aromatic rings. The van der Waals surface area contributed by atoms with E-state index in [-0.39, 0.29) is 29.8 Å². The Hall–Kier alpha value is -6.00. The van der Waals surface area contributed by atoms with E-state index < -0.39 is 24.3 Å². The highest BCUT2D eigenvalue weighted by Crippen LogP contribution is 2.53. The summed E-state index contributed by atoms with van der Waals surface area (Å²) in [5.74, 6) is 1.05. The number of hydrogen-bond acceptors (Lipinski definition) is 10. The number of H-pyrrole nitrogens is 2. The lowest BCUT2D eigenvalue weighted by Gasteiger charge is -2.30. The van der Waals surface area contributed by atoms with Gasteiger partial charge in [0.05, 0.1) is 49.2 Å². The van der Waals surface area contributed by atoms with E-state index in [1.165, 1.54) is 29.6 Å². The maximum Gasteiger partial charge on any atom is 0.407 e. The average molecular weight is 887 g/mol. The summed E-state index contributed by atoms with van der Waals surface area (Å²) >= 11 is 3.75. The number of thioether (sulfide) groups is 2. The van der Waals surface area contributed by atoms with Crippen LogP contribution in [0.1, 0.15) is 86.0 Å². The molecule has 0 radical (unpaired) electrons. The highest BCUT2D eigenvalue weighted by atomic mass is 32.2. The van der Waals surface area contributed by atoms with E-state index in [9.17, 15) is 19.2 Å². The Morgan fingerprint density at radius 3 is 2.00 bits per heavy atom. The van der Waals surface area contributed by atoms with E-state index in [0.29, 0.717) is 29.2 Å². The smallest absolute Gasteiger partial charge is 0.407 e. The maximum absolute atomic E-state index is 14.0. The van der Waals surface area contributed by atoms with E-state index in [1.54, 1.807) is 0 Å². The van der Waals surface area contributed by atoms with Gasteiger partial charge in [-0.05, 0) is 66.0 Å². The largest absolute Gasteiger partial charge is 0.453 e. The van der Waals surface area contributed by atoms with Crippen molar-refractivity contribution in [1.82, 2.24) is 40.4 Å². The molecule has 2 unspecified atom stereocenters. The van der Waals surface area contributed by atoms with Gasteiger partial charge in [0.2, 0.25) is 5.91 Å². The SMILES string of the molecule is COC(=O)N[C@H](C(=O)N1CCC[C@H]1c1ncc(-c2ccc(C3=CC4SC(c5ccc6nc([C@@H]7CCCN7C(=O)[C@H](NC(=O)OC)c7ccccc7)[nH]c6c5)=CC4S3)cc2)[nH]1)C(C)C. The van der Waals surface area contributed by atoms with Gasteiger partial charge in [-0.25, -0.2) is 19.6 Å². The molecule has 4 aliphatic heterocycles. The van der Waals surface area contributed by atoms with Crippen molar-refractivity contribution in [2.75, 3.05) is 27.3 Å². The standard InChI is InChI=1S/C47H50N8O6S2/c1-26(2)40(52-46(58)60-3)44(56)54-20-8-12-34(54)42-48-25-33(51-42)27-14-16-28(17-15-27)36-23-38-39(62-36)24-37(63-38)30-18-19-31-32(22-30)50-43(49-31)35-13-9-21-55(35)45(57)41(53-47(59)61-4)29-10-6-5-7-11-29/h5-7,10-11,14-19,22-26,34-35,38-41H,8-9,12-13,20-21H2,1-4H3,(H,48,51)(H,49,50)(H,52,58)(H,53,59)/t34-,35-,38?,39?,40-,41+/m0/s1. The first-order valence-corrected chi connectivity index (χ1v) is 23.1. The van der Waals surface area contributed by atoms with Crippen molar-refractivity contribution in [3.05, 3.63) is 119 Å². The van der Waals surface area contributed by atoms with E-state index in [2.05, 4.69) is 69.2 Å². The maximum atomic E-state index is 14.0. The van der Waals surface area contributed by atoms with Crippen LogP contribution in [-0.2, 0) is 19.1 Å². The van der Waals surface area contributed by atoms with Crippen LogP contribution in [0.15, 0.2) is 91.1 Å². The van der Waals surface area contributed by atoms with Crippen molar-refractivity contribution >= 4 is 68.4 Å². The van der Waals surface area contributed by atoms with Crippen LogP contribution in [0.2, 0.25) is 0 Å². The van der Waals surface area contributed by atoms with Gasteiger partial charge in [-0.1, -0.05) is 86.7 Å². The van der Waals surface area contributed by atoms with Gasteiger partial charge in [0.1, 0.15) is 23.7 Å². The van der Waals surface area contributed by atoms with E-state index in [1.807, 2.05) is 89.8 Å². The number of aromatic nitrogens is 4. The molecule has 4 N–H and O–H groups in total. The zero-order valence-electron chi connectivity index (χ0n) is 35.5. The minimum absolute atomic E-state index is 0.100. The predicted molar refractivity (Wildman–Crippen MR) is 245 cm³/mol. The second-order valence-corrected chi connectivity index (χ2v) is 19.0. The Kier molecular flexibility index (Phi) is 12.1. The summed E-state index contributed by atoms with van der Waals surface area (Å²) in [5.41, 5.74) is 6.65. The first-order valence-electron chi connectivity index (χ1n) is 21.4. The third kappa shape index (κ3) is 8.57. The van der Waals surface area contributed by atoms with Crippen LogP contribution < -0.4 is 10.6 Å². The minimum atomic E-state index is -0.873. The molecule has 9 rings (SSSR count). The number of ether oxygens (including phenoxy) is 2. The topological polar surface area (TPSA) is 175 Å². The number of hydrogen-bond donors (Lipinski definition) is 4. The van der Waals surface area contributed by atoms with Gasteiger partial charge in [-0.3, -0.25) is 9.59 Å². The third-order valence-corrected chi connectivity index (χ3v) is 15.1. The van der Waals surface area contributed by atoms with Crippen LogP contribution >= 0.6 is 23.5 Å². The Morgan fingerprint density at radius 2 is 1.33 bits per heavy atom. The van der Waals surface area contributed by atoms with Gasteiger partial charge < -0.3 is 39.9 Å². The van der Waals surface area contributed by atoms with Gasteiger partial charge in [0.25, 0.3) is 5.91 Å². The van der Waals surface area contributed by atoms with Crippen LogP contribution in [0.25, 0.3) is 32.1 Å². The van der Waals surface area contributed by atoms with Gasteiger partial charge in [0.15, 0.2) is 0 Å². The first kappa shape index (κ1) is 42.3. The number of imidazole rings is 2. The Labute approximate surface area is 374 Å². The Balaban J connectivity index is 0.839. The number of carbonyl (C=O) groups excluding carboxylic acids is 4. The number of methoxy groups -OCH3 is 2. The van der Waals surface area contributed by atoms with Crippen LogP contribution in [0.3, 0.4) is 0 Å². The van der Waals surface area contributed by atoms with Crippen molar-refractivity contribution in [2.45, 2.75) is 74.2 Å². The number of amides is 4. The lowest BCUT2D eigenvalue weighted by Crippen LogP contribution is -2.51. The van der Waals surface area contributed by atoms with Crippen molar-refractivity contribution in [3.8, 4) is 11.3 Å². The molecule has 0 bridgehead atoms. The average Bonchev–Trinajstić information content (AvgIpc) is 4.16. The summed E-state index contributed by atoms with van der Waals surface area (Å²) in [7, 11) is 2.59. The van der Waals surface area contributed by atoms with Gasteiger partial charge >= 0.3 is 12.2 Å². The summed E-state index contributed by atoms with van der Waals surface area (Å²) in [5, 5.41) is 6.07. The molecule has 16 heteroatoms. The molecule has 6 atom stereocenters. The van der Waals surface area contributed by atoms with Gasteiger partial charge in [-0.2, -0.15) is 0 Å². The summed E-state index contributed by atoms with van der Waals surface area (Å²) in [6.45, 7) is 4.99. The summed E-state index contributed by atoms with van der Waals surface area (Å²) in [4.78, 5) is 74.7. The quantitative estimate of drug-likeness (QED) is 0.101. The lowest BCUT2D eigenvalue weighted by molar-refractivity contribution is -0.135. The van der Waals surface area contributed by atoms with E-state index in [0.717, 1.165) is 65.2 Å². The Bertz CT molecular complexity index is 2590. The lowest BCUT2D eigenvalue weighted by atomic mass is 10.0. The molecule has 0 aliphatic carbocycles. The molecule has 0 saturated carbocycles. The van der Waals surface area contributed by atoms with Crippen molar-refractivity contribution in [2.24, 2.45) is 5.92 Å². The molecule has 2 fully saturated rings. The number of alkyl carbamates (subject to hydrolysis) is 2. The summed E-state index contributed by atoms with van der Waals surface area (Å²) < 4.78 is 9.63. The molecule has 4 amide bonds. The molecule has 6 heterocycles. The number of rotatable bonds is 11. The van der Waals surface area contributed by atoms with E-state index >= 15 is 0 Å². The highest BCUT2D eigenvalue weighted by Gasteiger charge is 2.39. The second kappa shape index (κ2) is 18.0. The second-order valence-electron chi connectivity index (χ2n) is 16.6. The van der Waals surface area contributed by atoms with Crippen molar-refractivity contribution in [1.29, 1.82) is 0 Å². The molecule has 2 aromatic heterocycles. The number of fused-ring (bicyclic) bond motifs is 2. The molecule has 3 aromatic carbocycles. The zero-order chi connectivity index (χ0) is 43.8. The van der Waals surface area contributed by atoms with E-state index in [4.69, 9.17) is 19.4 Å². The van der Waals surface area contributed by atoms with Crippen LogP contribution in [0.4, 0.5) is 9.59 Å². The molecule has 63 heavy (non-hydrogen) atoms. The molecule has 14 nitrogen and oxygen atoms in total. The van der Waals surface area contributed by atoms with Gasteiger partial charge in [0, 0.05) is 33.4 Å². The third-order valence-electron chi connectivity index (χ3n) is 12.3. The fraction of sp³-hybridized carbons (Fsp3) is 0.362. The molecular weight excluding hydrogens is 837 g/mol. The number of nitrogens with zero attached hydrogens (tertiary/aromatic N) is 4. The van der Waals surface area contributed by atoms with Crippen LogP contribution in [0.5, 0.6) is 0 Å². The zero-order valence-corrected chi connectivity index (χ0v) is 37.1. The number of carbonyl (C=O) groups is 4. The number of likely N-dealkylation sites (tertiary alicyclic amines) is 2. The number of aromatic amines is 2. The summed E-state index contributed by atoms with van der Waals surface area (Å²) in [6.07, 6.45) is 8.53. The Morgan fingerprint density at radius 1 is 0.730 bits per heavy atom. The van der Waals surface area contributed by atoms with Crippen molar-refractivity contribution < 1.29 is 28.7 Å². The summed E-state index contributed by atoms with van der Waals surface area (Å²) in [6, 6.07) is 22.1. The predicted octanol–water partition coefficient (Wildman–Crippen LogP) is 8.37. The van der Waals surface area contributed by atoms with Gasteiger partial charge in [-0.15, -0.1) is 23.5 Å². The monoisotopic (exact) mass is 886 g/mol. The first-order chi connectivity index (χ1) is 30.6. The van der Waals surface area contributed by atoms with Crippen LogP contribution in [-0.4, -0.2) is 97.6 Å².